The number of nitrogens with zero attached hydrogens (tertiary/aromatic N) is 2. The molecular formula is C10H13ClN2S. The number of hydrogen-bond acceptors (Lipinski definition) is 2. The molecule has 0 amide bonds. The summed E-state index contributed by atoms with van der Waals surface area (Å²) in [6.45, 7) is 2.06. The van der Waals surface area contributed by atoms with Gasteiger partial charge in [-0.05, 0) is 32.6 Å². The molecule has 0 saturated carbocycles. The maximum absolute atomic E-state index is 4.50. The van der Waals surface area contributed by atoms with Gasteiger partial charge in [-0.2, -0.15) is 0 Å². The highest BCUT2D eigenvalue weighted by Gasteiger charge is 2.16. The molecular weight excluding hydrogens is 216 g/mol. The number of aryl methyl sites for hydroxylation is 3. The lowest BCUT2D eigenvalue weighted by Gasteiger charge is -2.09. The molecule has 1 aliphatic rings. The molecule has 4 heteroatoms. The summed E-state index contributed by atoms with van der Waals surface area (Å²) in [6.07, 6.45) is 7.37. The van der Waals surface area contributed by atoms with Gasteiger partial charge in [0.2, 0.25) is 0 Å². The first kappa shape index (κ1) is 9.99. The van der Waals surface area contributed by atoms with E-state index in [1.165, 1.54) is 36.3 Å². The molecule has 0 saturated heterocycles. The topological polar surface area (TPSA) is 17.3 Å². The van der Waals surface area contributed by atoms with Crippen LogP contribution in [0.25, 0.3) is 4.96 Å². The normalized spacial score (nSPS) is 15.2. The molecule has 2 aromatic rings. The molecule has 3 rings (SSSR count). The Kier molecular flexibility index (Phi) is 2.54. The van der Waals surface area contributed by atoms with Crippen LogP contribution in [0.15, 0.2) is 6.20 Å². The van der Waals surface area contributed by atoms with Gasteiger partial charge in [0.25, 0.3) is 0 Å². The standard InChI is InChI=1S/C10H12N2S.ClH/c1-7-6-12-8-4-2-3-5-9(8)13-10(12)11-7;/h6H,2-5H2,1H3;1H. The Balaban J connectivity index is 0.000000750. The van der Waals surface area contributed by atoms with Crippen LogP contribution >= 0.6 is 23.7 Å². The van der Waals surface area contributed by atoms with Crippen molar-refractivity contribution in [2.45, 2.75) is 32.6 Å². The van der Waals surface area contributed by atoms with Gasteiger partial charge in [0, 0.05) is 16.8 Å². The third-order valence-corrected chi connectivity index (χ3v) is 3.85. The summed E-state index contributed by atoms with van der Waals surface area (Å²) in [6, 6.07) is 0. The second kappa shape index (κ2) is 3.55. The van der Waals surface area contributed by atoms with Crippen LogP contribution in [-0.4, -0.2) is 9.38 Å². The summed E-state index contributed by atoms with van der Waals surface area (Å²) in [5.41, 5.74) is 2.66. The Morgan fingerprint density at radius 3 is 3.00 bits per heavy atom. The predicted octanol–water partition coefficient (Wildman–Crippen LogP) is 3.00. The zero-order chi connectivity index (χ0) is 8.84. The van der Waals surface area contributed by atoms with Crippen molar-refractivity contribution in [3.63, 3.8) is 0 Å². The lowest BCUT2D eigenvalue weighted by molar-refractivity contribution is 0.674. The monoisotopic (exact) mass is 228 g/mol. The van der Waals surface area contributed by atoms with Crippen LogP contribution in [0, 0.1) is 6.92 Å². The van der Waals surface area contributed by atoms with Gasteiger partial charge in [0.15, 0.2) is 4.96 Å². The maximum atomic E-state index is 4.50. The lowest BCUT2D eigenvalue weighted by Crippen LogP contribution is -2.01. The number of fused-ring (bicyclic) bond motifs is 3. The Labute approximate surface area is 93.4 Å². The fraction of sp³-hybridized carbons (Fsp3) is 0.500. The van der Waals surface area contributed by atoms with Gasteiger partial charge in [-0.3, -0.25) is 4.40 Å². The van der Waals surface area contributed by atoms with Crippen LogP contribution in [0.3, 0.4) is 0 Å². The van der Waals surface area contributed by atoms with E-state index >= 15 is 0 Å². The second-order valence-electron chi connectivity index (χ2n) is 3.71. The molecule has 0 atom stereocenters. The number of aromatic nitrogens is 2. The van der Waals surface area contributed by atoms with Crippen LogP contribution in [0.2, 0.25) is 0 Å². The summed E-state index contributed by atoms with van der Waals surface area (Å²) in [5, 5.41) is 0. The third kappa shape index (κ3) is 1.35. The SMILES string of the molecule is Cc1cn2c3c(sc2n1)CCCC3.Cl. The van der Waals surface area contributed by atoms with Gasteiger partial charge < -0.3 is 0 Å². The number of rotatable bonds is 0. The summed E-state index contributed by atoms with van der Waals surface area (Å²) in [4.78, 5) is 7.25. The average molecular weight is 229 g/mol. The molecule has 2 aromatic heterocycles. The van der Waals surface area contributed by atoms with Gasteiger partial charge >= 0.3 is 0 Å². The van der Waals surface area contributed by atoms with E-state index in [1.54, 1.807) is 4.88 Å². The highest BCUT2D eigenvalue weighted by molar-refractivity contribution is 7.17. The lowest BCUT2D eigenvalue weighted by atomic mass is 10.0. The molecule has 1 aliphatic carbocycles. The minimum Gasteiger partial charge on any atom is -0.294 e. The second-order valence-corrected chi connectivity index (χ2v) is 4.78. The molecule has 0 aromatic carbocycles. The molecule has 2 heterocycles. The molecule has 14 heavy (non-hydrogen) atoms. The highest BCUT2D eigenvalue weighted by Crippen LogP contribution is 2.29. The van der Waals surface area contributed by atoms with Gasteiger partial charge in [-0.15, -0.1) is 23.7 Å². The molecule has 0 unspecified atom stereocenters. The van der Waals surface area contributed by atoms with Gasteiger partial charge in [-0.1, -0.05) is 0 Å². The van der Waals surface area contributed by atoms with Crippen LogP contribution in [-0.2, 0) is 12.8 Å². The highest BCUT2D eigenvalue weighted by atomic mass is 35.5. The van der Waals surface area contributed by atoms with E-state index in [1.807, 2.05) is 11.3 Å². The fourth-order valence-corrected chi connectivity index (χ4v) is 3.31. The molecule has 2 nitrogen and oxygen atoms in total. The van der Waals surface area contributed by atoms with Crippen LogP contribution < -0.4 is 0 Å². The molecule has 0 bridgehead atoms. The minimum atomic E-state index is 0. The summed E-state index contributed by atoms with van der Waals surface area (Å²) < 4.78 is 2.29. The van der Waals surface area contributed by atoms with Crippen molar-refractivity contribution >= 4 is 28.7 Å². The molecule has 0 fully saturated rings. The number of thiazole rings is 1. The first-order valence-electron chi connectivity index (χ1n) is 4.81. The van der Waals surface area contributed by atoms with E-state index in [2.05, 4.69) is 22.5 Å². The fourth-order valence-electron chi connectivity index (χ4n) is 2.08. The number of hydrogen-bond donors (Lipinski definition) is 0. The van der Waals surface area contributed by atoms with Crippen LogP contribution in [0.5, 0.6) is 0 Å². The zero-order valence-corrected chi connectivity index (χ0v) is 9.75. The van der Waals surface area contributed by atoms with Gasteiger partial charge in [-0.25, -0.2) is 4.98 Å². The van der Waals surface area contributed by atoms with Crippen molar-refractivity contribution in [3.05, 3.63) is 22.5 Å². The molecule has 0 radical (unpaired) electrons. The van der Waals surface area contributed by atoms with Gasteiger partial charge in [0.05, 0.1) is 5.69 Å². The number of imidazole rings is 1. The smallest absolute Gasteiger partial charge is 0.194 e. The van der Waals surface area contributed by atoms with Crippen LogP contribution in [0.4, 0.5) is 0 Å². The van der Waals surface area contributed by atoms with Crippen LogP contribution in [0.1, 0.15) is 29.1 Å². The average Bonchev–Trinajstić information content (AvgIpc) is 2.60. The van der Waals surface area contributed by atoms with Crippen molar-refractivity contribution in [3.8, 4) is 0 Å². The van der Waals surface area contributed by atoms with E-state index in [-0.39, 0.29) is 12.4 Å². The Bertz CT molecular complexity index is 458. The Hall–Kier alpha value is -0.540. The maximum Gasteiger partial charge on any atom is 0.194 e. The molecule has 0 N–H and O–H groups in total. The zero-order valence-electron chi connectivity index (χ0n) is 8.12. The van der Waals surface area contributed by atoms with E-state index < -0.39 is 0 Å². The number of halogens is 1. The molecule has 0 aliphatic heterocycles. The molecule has 0 spiro atoms. The third-order valence-electron chi connectivity index (χ3n) is 2.69. The first-order valence-corrected chi connectivity index (χ1v) is 5.62. The van der Waals surface area contributed by atoms with Crippen molar-refractivity contribution < 1.29 is 0 Å². The van der Waals surface area contributed by atoms with Gasteiger partial charge in [0.1, 0.15) is 0 Å². The largest absolute Gasteiger partial charge is 0.294 e. The van der Waals surface area contributed by atoms with E-state index in [4.69, 9.17) is 0 Å². The van der Waals surface area contributed by atoms with Crippen molar-refractivity contribution in [2.24, 2.45) is 0 Å². The van der Waals surface area contributed by atoms with E-state index in [0.717, 1.165) is 5.69 Å². The summed E-state index contributed by atoms with van der Waals surface area (Å²) >= 11 is 1.87. The van der Waals surface area contributed by atoms with Crippen molar-refractivity contribution in [2.75, 3.05) is 0 Å². The van der Waals surface area contributed by atoms with E-state index in [0.29, 0.717) is 0 Å². The summed E-state index contributed by atoms with van der Waals surface area (Å²) in [5.74, 6) is 0. The summed E-state index contributed by atoms with van der Waals surface area (Å²) in [7, 11) is 0. The quantitative estimate of drug-likeness (QED) is 0.678. The van der Waals surface area contributed by atoms with Crippen molar-refractivity contribution in [1.29, 1.82) is 0 Å². The first-order chi connectivity index (χ1) is 6.34. The molecule has 76 valence electrons. The van der Waals surface area contributed by atoms with Crippen molar-refractivity contribution in [1.82, 2.24) is 9.38 Å². The Morgan fingerprint density at radius 2 is 2.14 bits per heavy atom. The Morgan fingerprint density at radius 1 is 1.36 bits per heavy atom. The minimum absolute atomic E-state index is 0. The predicted molar refractivity (Wildman–Crippen MR) is 61.7 cm³/mol. The van der Waals surface area contributed by atoms with E-state index in [9.17, 15) is 0 Å².